The quantitative estimate of drug-likeness (QED) is 0.871. The Bertz CT molecular complexity index is 567. The molecular formula is C16H22ClN3. The van der Waals surface area contributed by atoms with Gasteiger partial charge in [-0.1, -0.05) is 25.4 Å². The third kappa shape index (κ3) is 3.41. The van der Waals surface area contributed by atoms with Crippen molar-refractivity contribution in [3.63, 3.8) is 0 Å². The van der Waals surface area contributed by atoms with E-state index in [4.69, 9.17) is 11.6 Å². The number of halogens is 1. The number of nitrogens with zero attached hydrogens (tertiary/aromatic N) is 2. The number of rotatable bonds is 6. The molecule has 0 radical (unpaired) electrons. The Balaban J connectivity index is 2.14. The highest BCUT2D eigenvalue weighted by Gasteiger charge is 2.10. The maximum atomic E-state index is 6.01. The Hall–Kier alpha value is -1.32. The number of hydrogen-bond donors (Lipinski definition) is 1. The molecule has 0 aliphatic rings. The SMILES string of the molecule is CCN(CC)C(C)CNc1ccnc2cc(Cl)ccc12. The predicted molar refractivity (Wildman–Crippen MR) is 87.6 cm³/mol. The van der Waals surface area contributed by atoms with Crippen molar-refractivity contribution in [3.8, 4) is 0 Å². The van der Waals surface area contributed by atoms with E-state index in [9.17, 15) is 0 Å². The smallest absolute Gasteiger partial charge is 0.0737 e. The molecule has 3 nitrogen and oxygen atoms in total. The molecule has 0 spiro atoms. The minimum atomic E-state index is 0.500. The Labute approximate surface area is 126 Å². The summed E-state index contributed by atoms with van der Waals surface area (Å²) in [7, 11) is 0. The van der Waals surface area contributed by atoms with Crippen molar-refractivity contribution in [3.05, 3.63) is 35.5 Å². The van der Waals surface area contributed by atoms with Crippen LogP contribution in [0.3, 0.4) is 0 Å². The van der Waals surface area contributed by atoms with E-state index in [-0.39, 0.29) is 0 Å². The van der Waals surface area contributed by atoms with Crippen LogP contribution < -0.4 is 5.32 Å². The highest BCUT2D eigenvalue weighted by Crippen LogP contribution is 2.24. The third-order valence-electron chi connectivity index (χ3n) is 3.73. The van der Waals surface area contributed by atoms with Crippen LogP contribution >= 0.6 is 11.6 Å². The van der Waals surface area contributed by atoms with Crippen LogP contribution in [0.4, 0.5) is 5.69 Å². The molecule has 1 atom stereocenters. The molecule has 0 aliphatic carbocycles. The molecule has 20 heavy (non-hydrogen) atoms. The minimum Gasteiger partial charge on any atom is -0.383 e. The number of likely N-dealkylation sites (N-methyl/N-ethyl adjacent to an activating group) is 1. The zero-order chi connectivity index (χ0) is 14.5. The average Bonchev–Trinajstić information content (AvgIpc) is 2.45. The first kappa shape index (κ1) is 15.1. The average molecular weight is 292 g/mol. The van der Waals surface area contributed by atoms with Crippen LogP contribution in [-0.2, 0) is 0 Å². The van der Waals surface area contributed by atoms with Gasteiger partial charge in [-0.2, -0.15) is 0 Å². The first-order valence-corrected chi connectivity index (χ1v) is 7.55. The topological polar surface area (TPSA) is 28.2 Å². The summed E-state index contributed by atoms with van der Waals surface area (Å²) in [5, 5.41) is 5.37. The zero-order valence-corrected chi connectivity index (χ0v) is 13.1. The fourth-order valence-electron chi connectivity index (χ4n) is 2.51. The van der Waals surface area contributed by atoms with E-state index < -0.39 is 0 Å². The normalized spacial score (nSPS) is 12.8. The second kappa shape index (κ2) is 6.91. The van der Waals surface area contributed by atoms with Crippen LogP contribution in [0.2, 0.25) is 5.02 Å². The van der Waals surface area contributed by atoms with Crippen LogP contribution in [0.25, 0.3) is 10.9 Å². The van der Waals surface area contributed by atoms with E-state index in [2.05, 4.69) is 36.0 Å². The fourth-order valence-corrected chi connectivity index (χ4v) is 2.68. The standard InChI is InChI=1S/C16H22ClN3/c1-4-20(5-2)12(3)11-19-15-8-9-18-16-10-13(17)6-7-14(15)16/h6-10,12H,4-5,11H2,1-3H3,(H,18,19). The first-order chi connectivity index (χ1) is 9.65. The first-order valence-electron chi connectivity index (χ1n) is 7.17. The molecule has 108 valence electrons. The van der Waals surface area contributed by atoms with Crippen LogP contribution in [-0.4, -0.2) is 35.6 Å². The van der Waals surface area contributed by atoms with Gasteiger partial charge < -0.3 is 5.32 Å². The van der Waals surface area contributed by atoms with Crippen molar-refractivity contribution in [2.75, 3.05) is 25.0 Å². The molecule has 0 saturated heterocycles. The summed E-state index contributed by atoms with van der Waals surface area (Å²) in [6, 6.07) is 8.35. The van der Waals surface area contributed by atoms with Gasteiger partial charge in [0.1, 0.15) is 0 Å². The lowest BCUT2D eigenvalue weighted by Gasteiger charge is -2.27. The number of hydrogen-bond acceptors (Lipinski definition) is 3. The van der Waals surface area contributed by atoms with Crippen LogP contribution in [0.15, 0.2) is 30.5 Å². The van der Waals surface area contributed by atoms with Crippen LogP contribution in [0, 0.1) is 0 Å². The summed E-state index contributed by atoms with van der Waals surface area (Å²) in [5.41, 5.74) is 2.05. The highest BCUT2D eigenvalue weighted by atomic mass is 35.5. The number of nitrogens with one attached hydrogen (secondary N) is 1. The van der Waals surface area contributed by atoms with Gasteiger partial charge in [-0.05, 0) is 44.3 Å². The molecule has 0 saturated carbocycles. The maximum Gasteiger partial charge on any atom is 0.0737 e. The van der Waals surface area contributed by atoms with Crippen molar-refractivity contribution in [2.24, 2.45) is 0 Å². The second-order valence-corrected chi connectivity index (χ2v) is 5.41. The Kier molecular flexibility index (Phi) is 5.21. The monoisotopic (exact) mass is 291 g/mol. The molecule has 0 amide bonds. The van der Waals surface area contributed by atoms with Crippen LogP contribution in [0.1, 0.15) is 20.8 Å². The molecule has 1 aromatic carbocycles. The number of benzene rings is 1. The maximum absolute atomic E-state index is 6.01. The Morgan fingerprint density at radius 1 is 1.25 bits per heavy atom. The zero-order valence-electron chi connectivity index (χ0n) is 12.4. The predicted octanol–water partition coefficient (Wildman–Crippen LogP) is 4.03. The van der Waals surface area contributed by atoms with E-state index in [0.717, 1.165) is 41.2 Å². The minimum absolute atomic E-state index is 0.500. The molecule has 2 rings (SSSR count). The molecular weight excluding hydrogens is 270 g/mol. The fraction of sp³-hybridized carbons (Fsp3) is 0.438. The van der Waals surface area contributed by atoms with Gasteiger partial charge in [-0.25, -0.2) is 0 Å². The second-order valence-electron chi connectivity index (χ2n) is 4.97. The van der Waals surface area contributed by atoms with E-state index in [1.54, 1.807) is 0 Å². The molecule has 1 heterocycles. The summed E-state index contributed by atoms with van der Waals surface area (Å²) in [5.74, 6) is 0. The Morgan fingerprint density at radius 2 is 2.00 bits per heavy atom. The van der Waals surface area contributed by atoms with Gasteiger partial charge in [-0.15, -0.1) is 0 Å². The summed E-state index contributed by atoms with van der Waals surface area (Å²) in [6.07, 6.45) is 1.82. The van der Waals surface area contributed by atoms with Gasteiger partial charge >= 0.3 is 0 Å². The summed E-state index contributed by atoms with van der Waals surface area (Å²) in [4.78, 5) is 6.80. The van der Waals surface area contributed by atoms with Crippen molar-refractivity contribution in [1.29, 1.82) is 0 Å². The summed E-state index contributed by atoms with van der Waals surface area (Å²) >= 11 is 6.01. The molecule has 4 heteroatoms. The molecule has 0 fully saturated rings. The summed E-state index contributed by atoms with van der Waals surface area (Å²) < 4.78 is 0. The molecule has 0 bridgehead atoms. The van der Waals surface area contributed by atoms with Gasteiger partial charge in [0.25, 0.3) is 0 Å². The van der Waals surface area contributed by atoms with Gasteiger partial charge in [0, 0.05) is 34.9 Å². The van der Waals surface area contributed by atoms with Gasteiger partial charge in [0.15, 0.2) is 0 Å². The van der Waals surface area contributed by atoms with E-state index in [0.29, 0.717) is 6.04 Å². The van der Waals surface area contributed by atoms with E-state index in [1.807, 2.05) is 30.5 Å². The van der Waals surface area contributed by atoms with E-state index in [1.165, 1.54) is 0 Å². The van der Waals surface area contributed by atoms with Crippen LogP contribution in [0.5, 0.6) is 0 Å². The lowest BCUT2D eigenvalue weighted by atomic mass is 10.2. The van der Waals surface area contributed by atoms with Crippen molar-refractivity contribution in [2.45, 2.75) is 26.8 Å². The third-order valence-corrected chi connectivity index (χ3v) is 3.96. The summed E-state index contributed by atoms with van der Waals surface area (Å²) in [6.45, 7) is 9.72. The lowest BCUT2D eigenvalue weighted by molar-refractivity contribution is 0.240. The molecule has 2 aromatic rings. The molecule has 1 N–H and O–H groups in total. The lowest BCUT2D eigenvalue weighted by Crippen LogP contribution is -2.37. The Morgan fingerprint density at radius 3 is 2.70 bits per heavy atom. The van der Waals surface area contributed by atoms with Gasteiger partial charge in [0.05, 0.1) is 5.52 Å². The van der Waals surface area contributed by atoms with E-state index >= 15 is 0 Å². The largest absolute Gasteiger partial charge is 0.383 e. The van der Waals surface area contributed by atoms with Crippen molar-refractivity contribution >= 4 is 28.2 Å². The molecule has 0 aliphatic heterocycles. The van der Waals surface area contributed by atoms with Gasteiger partial charge in [-0.3, -0.25) is 9.88 Å². The number of anilines is 1. The van der Waals surface area contributed by atoms with Crippen molar-refractivity contribution in [1.82, 2.24) is 9.88 Å². The van der Waals surface area contributed by atoms with Crippen molar-refractivity contribution < 1.29 is 0 Å². The number of aromatic nitrogens is 1. The highest BCUT2D eigenvalue weighted by molar-refractivity contribution is 6.31. The number of pyridine rings is 1. The molecule has 1 aromatic heterocycles. The number of fused-ring (bicyclic) bond motifs is 1. The molecule has 1 unspecified atom stereocenters. The van der Waals surface area contributed by atoms with Gasteiger partial charge in [0.2, 0.25) is 0 Å².